The van der Waals surface area contributed by atoms with Gasteiger partial charge in [-0.1, -0.05) is 42.5 Å². The number of aliphatic hydroxyl groups is 1. The third-order valence-corrected chi connectivity index (χ3v) is 5.23. The van der Waals surface area contributed by atoms with E-state index < -0.39 is 0 Å². The molecule has 0 aliphatic carbocycles. The van der Waals surface area contributed by atoms with E-state index in [9.17, 15) is 9.90 Å². The van der Waals surface area contributed by atoms with E-state index in [1.165, 1.54) is 0 Å². The first kappa shape index (κ1) is 15.8. The summed E-state index contributed by atoms with van der Waals surface area (Å²) in [6.45, 7) is 1.55. The van der Waals surface area contributed by atoms with Crippen molar-refractivity contribution in [3.63, 3.8) is 0 Å². The molecule has 1 atom stereocenters. The van der Waals surface area contributed by atoms with Crippen LogP contribution in [0.4, 0.5) is 0 Å². The summed E-state index contributed by atoms with van der Waals surface area (Å²) in [5, 5.41) is 10.0. The third kappa shape index (κ3) is 2.81. The van der Waals surface area contributed by atoms with Crippen LogP contribution in [0.2, 0.25) is 0 Å². The minimum atomic E-state index is -0.353. The maximum absolute atomic E-state index is 12.8. The van der Waals surface area contributed by atoms with E-state index in [1.54, 1.807) is 6.33 Å². The standard InChI is InChI=1S/C20H21N3O2/c24-14-20(16-6-2-1-3-7-16)10-11-22(13-20)19(25)12-23-15-21-17-8-4-5-9-18(17)23/h1-9,15,24H,10-14H2. The van der Waals surface area contributed by atoms with Crippen molar-refractivity contribution in [1.29, 1.82) is 0 Å². The normalized spacial score (nSPS) is 20.3. The lowest BCUT2D eigenvalue weighted by Crippen LogP contribution is -2.38. The molecule has 2 heterocycles. The van der Waals surface area contributed by atoms with Gasteiger partial charge in [-0.2, -0.15) is 0 Å². The fourth-order valence-corrected chi connectivity index (χ4v) is 3.72. The van der Waals surface area contributed by atoms with E-state index in [1.807, 2.05) is 64.1 Å². The highest BCUT2D eigenvalue weighted by molar-refractivity contribution is 5.81. The molecule has 1 aliphatic heterocycles. The summed E-state index contributed by atoms with van der Waals surface area (Å²) in [6, 6.07) is 17.8. The first-order valence-corrected chi connectivity index (χ1v) is 8.56. The molecule has 1 amide bonds. The lowest BCUT2D eigenvalue weighted by Gasteiger charge is -2.27. The first-order valence-electron chi connectivity index (χ1n) is 8.56. The summed E-state index contributed by atoms with van der Waals surface area (Å²) in [7, 11) is 0. The number of para-hydroxylation sites is 2. The van der Waals surface area contributed by atoms with Crippen molar-refractivity contribution >= 4 is 16.9 Å². The molecular weight excluding hydrogens is 314 g/mol. The molecule has 5 heteroatoms. The van der Waals surface area contributed by atoms with Gasteiger partial charge in [-0.3, -0.25) is 4.79 Å². The molecule has 1 N–H and O–H groups in total. The van der Waals surface area contributed by atoms with Crippen molar-refractivity contribution in [3.8, 4) is 0 Å². The molecule has 0 spiro atoms. The maximum atomic E-state index is 12.8. The van der Waals surface area contributed by atoms with Crippen LogP contribution in [0.1, 0.15) is 12.0 Å². The number of hydrogen-bond acceptors (Lipinski definition) is 3. The lowest BCUT2D eigenvalue weighted by molar-refractivity contribution is -0.131. The fraction of sp³-hybridized carbons (Fsp3) is 0.300. The number of rotatable bonds is 4. The molecule has 1 aromatic heterocycles. The van der Waals surface area contributed by atoms with Gasteiger partial charge in [0.1, 0.15) is 6.54 Å². The molecular formula is C20H21N3O2. The summed E-state index contributed by atoms with van der Waals surface area (Å²) in [6.07, 6.45) is 2.50. The molecule has 128 valence electrons. The zero-order valence-corrected chi connectivity index (χ0v) is 14.0. The third-order valence-electron chi connectivity index (χ3n) is 5.23. The van der Waals surface area contributed by atoms with Crippen molar-refractivity contribution < 1.29 is 9.90 Å². The van der Waals surface area contributed by atoms with Crippen molar-refractivity contribution in [2.75, 3.05) is 19.7 Å². The second-order valence-corrected chi connectivity index (χ2v) is 6.73. The molecule has 1 saturated heterocycles. The van der Waals surface area contributed by atoms with E-state index in [2.05, 4.69) is 4.98 Å². The molecule has 4 rings (SSSR count). The maximum Gasteiger partial charge on any atom is 0.242 e. The number of likely N-dealkylation sites (tertiary alicyclic amines) is 1. The van der Waals surface area contributed by atoms with Crippen molar-refractivity contribution in [2.45, 2.75) is 18.4 Å². The Morgan fingerprint density at radius 2 is 1.88 bits per heavy atom. The molecule has 1 unspecified atom stereocenters. The highest BCUT2D eigenvalue weighted by atomic mass is 16.3. The van der Waals surface area contributed by atoms with Crippen molar-refractivity contribution in [2.24, 2.45) is 0 Å². The van der Waals surface area contributed by atoms with E-state index in [0.717, 1.165) is 23.0 Å². The minimum absolute atomic E-state index is 0.0504. The van der Waals surface area contributed by atoms with Gasteiger partial charge in [0.2, 0.25) is 5.91 Å². The molecule has 2 aromatic carbocycles. The van der Waals surface area contributed by atoms with Crippen molar-refractivity contribution in [1.82, 2.24) is 14.5 Å². The first-order chi connectivity index (χ1) is 12.2. The number of aliphatic hydroxyl groups excluding tert-OH is 1. The largest absolute Gasteiger partial charge is 0.395 e. The highest BCUT2D eigenvalue weighted by Gasteiger charge is 2.40. The average Bonchev–Trinajstić information content (AvgIpc) is 3.28. The van der Waals surface area contributed by atoms with Gasteiger partial charge in [-0.25, -0.2) is 4.98 Å². The zero-order chi connectivity index (χ0) is 17.3. The second kappa shape index (κ2) is 6.33. The Morgan fingerprint density at radius 1 is 1.12 bits per heavy atom. The van der Waals surface area contributed by atoms with Crippen LogP contribution in [0, 0.1) is 0 Å². The van der Waals surface area contributed by atoms with Crippen LogP contribution in [-0.4, -0.2) is 45.2 Å². The molecule has 1 fully saturated rings. The summed E-state index contributed by atoms with van der Waals surface area (Å²) in [4.78, 5) is 19.0. The predicted octanol–water partition coefficient (Wildman–Crippen LogP) is 2.20. The van der Waals surface area contributed by atoms with Gasteiger partial charge >= 0.3 is 0 Å². The Bertz CT molecular complexity index is 890. The number of imidazole rings is 1. The van der Waals surface area contributed by atoms with E-state index in [0.29, 0.717) is 13.1 Å². The van der Waals surface area contributed by atoms with E-state index in [-0.39, 0.29) is 24.5 Å². The van der Waals surface area contributed by atoms with Gasteiger partial charge in [0.25, 0.3) is 0 Å². The Labute approximate surface area is 146 Å². The number of amides is 1. The van der Waals surface area contributed by atoms with Gasteiger partial charge in [-0.05, 0) is 24.1 Å². The van der Waals surface area contributed by atoms with Gasteiger partial charge in [-0.15, -0.1) is 0 Å². The Hall–Kier alpha value is -2.66. The zero-order valence-electron chi connectivity index (χ0n) is 14.0. The molecule has 0 saturated carbocycles. The number of carbonyl (C=O) groups is 1. The summed E-state index contributed by atoms with van der Waals surface area (Å²) >= 11 is 0. The Balaban J connectivity index is 1.52. The quantitative estimate of drug-likeness (QED) is 0.795. The number of nitrogens with zero attached hydrogens (tertiary/aromatic N) is 3. The Kier molecular flexibility index (Phi) is 4.01. The average molecular weight is 335 g/mol. The summed E-state index contributed by atoms with van der Waals surface area (Å²) in [5.41, 5.74) is 2.60. The van der Waals surface area contributed by atoms with Crippen LogP contribution in [0.25, 0.3) is 11.0 Å². The van der Waals surface area contributed by atoms with Gasteiger partial charge < -0.3 is 14.6 Å². The van der Waals surface area contributed by atoms with E-state index >= 15 is 0 Å². The molecule has 5 nitrogen and oxygen atoms in total. The SMILES string of the molecule is O=C(Cn1cnc2ccccc21)N1CCC(CO)(c2ccccc2)C1. The summed E-state index contributed by atoms with van der Waals surface area (Å²) in [5.74, 6) is 0.0643. The number of fused-ring (bicyclic) bond motifs is 1. The van der Waals surface area contributed by atoms with Gasteiger partial charge in [0.05, 0.1) is 24.0 Å². The van der Waals surface area contributed by atoms with Crippen LogP contribution >= 0.6 is 0 Å². The van der Waals surface area contributed by atoms with Crippen LogP contribution in [0.3, 0.4) is 0 Å². The summed E-state index contributed by atoms with van der Waals surface area (Å²) < 4.78 is 1.89. The van der Waals surface area contributed by atoms with E-state index in [4.69, 9.17) is 0 Å². The topological polar surface area (TPSA) is 58.4 Å². The van der Waals surface area contributed by atoms with Crippen LogP contribution in [-0.2, 0) is 16.8 Å². The second-order valence-electron chi connectivity index (χ2n) is 6.73. The number of aromatic nitrogens is 2. The van der Waals surface area contributed by atoms with Gasteiger partial charge in [0.15, 0.2) is 0 Å². The monoisotopic (exact) mass is 335 g/mol. The fourth-order valence-electron chi connectivity index (χ4n) is 3.72. The van der Waals surface area contributed by atoms with Crippen LogP contribution in [0.5, 0.6) is 0 Å². The molecule has 3 aromatic rings. The number of benzene rings is 2. The lowest BCUT2D eigenvalue weighted by atomic mass is 9.80. The molecule has 0 bridgehead atoms. The van der Waals surface area contributed by atoms with Gasteiger partial charge in [0, 0.05) is 18.5 Å². The molecule has 0 radical (unpaired) electrons. The molecule has 25 heavy (non-hydrogen) atoms. The van der Waals surface area contributed by atoms with Crippen molar-refractivity contribution in [3.05, 3.63) is 66.5 Å². The highest BCUT2D eigenvalue weighted by Crippen LogP contribution is 2.34. The molecule has 1 aliphatic rings. The smallest absolute Gasteiger partial charge is 0.242 e. The van der Waals surface area contributed by atoms with Crippen LogP contribution < -0.4 is 0 Å². The number of carbonyl (C=O) groups excluding carboxylic acids is 1. The predicted molar refractivity (Wildman–Crippen MR) is 96.1 cm³/mol. The minimum Gasteiger partial charge on any atom is -0.395 e. The Morgan fingerprint density at radius 3 is 2.68 bits per heavy atom. The van der Waals surface area contributed by atoms with Crippen LogP contribution in [0.15, 0.2) is 60.9 Å². The number of hydrogen-bond donors (Lipinski definition) is 1.